The summed E-state index contributed by atoms with van der Waals surface area (Å²) in [6.07, 6.45) is 17.8. The molecule has 10 aromatic carbocycles. The fourth-order valence-electron chi connectivity index (χ4n) is 19.4. The molecule has 5 unspecified atom stereocenters. The first-order chi connectivity index (χ1) is 68.2. The lowest BCUT2D eigenvalue weighted by atomic mass is 9.86. The van der Waals surface area contributed by atoms with E-state index in [1.54, 1.807) is 133 Å². The molecule has 0 saturated heterocycles. The van der Waals surface area contributed by atoms with Crippen molar-refractivity contribution in [1.82, 2.24) is 21.5 Å². The van der Waals surface area contributed by atoms with Crippen LogP contribution in [-0.2, 0) is 162 Å². The Balaban J connectivity index is 0.000000129. The Morgan fingerprint density at radius 3 is 0.854 bits per heavy atom. The van der Waals surface area contributed by atoms with Crippen molar-refractivity contribution in [3.8, 4) is 0 Å². The van der Waals surface area contributed by atoms with Crippen molar-refractivity contribution < 1.29 is 95.0 Å². The number of nitro groups is 1. The number of sulfonamides is 5. The van der Waals surface area contributed by atoms with Crippen LogP contribution in [0, 0.1) is 17.0 Å². The van der Waals surface area contributed by atoms with Crippen molar-refractivity contribution in [2.24, 2.45) is 0 Å². The van der Waals surface area contributed by atoms with Crippen molar-refractivity contribution in [2.75, 3.05) is 61.8 Å². The summed E-state index contributed by atoms with van der Waals surface area (Å²) in [5.74, 6) is -13.3. The average molecular weight is 2150 g/mol. The SMILES string of the molecule is CN1C(=O)C(C(=O)Nc2cc(Cl)ccc2Cl)c2cc3c(cc2S1(=O)=O)CCCC3.CN1C(=O)C(C(=O)Nc2ccc([N+](=O)[O-])cc2)c2cc3c(cc2S1(=O)=O)CCCC3.CN1C(=O)C(C(=O)Nc2cccc(Cl)c2)c2cc3c(cc2S1(=O)=O)CCCC3.CN1C(=O)C(C(=O)Nc2ccccc2Cl)c2cc3c(cc2S1(=O)=O)CCCC3.Cc1ccc(NC(=O)C2C(=O)N(C)S(=O)(=O)c3cc4c(cc32)CCCC4)cc1Cl. The number of carbonyl (C=O) groups is 10. The van der Waals surface area contributed by atoms with E-state index in [1.165, 1.54) is 64.6 Å². The Morgan fingerprint density at radius 1 is 0.292 bits per heavy atom. The van der Waals surface area contributed by atoms with Gasteiger partial charge in [0.05, 0.1) is 50.8 Å². The predicted molar refractivity (Wildman–Crippen MR) is 541 cm³/mol. The number of carbonyl (C=O) groups excluding carboxylic acids is 10. The van der Waals surface area contributed by atoms with Gasteiger partial charge in [-0.25, -0.2) is 63.6 Å². The molecule has 10 aromatic rings. The summed E-state index contributed by atoms with van der Waals surface area (Å²) in [6, 6.07) is 44.8. The summed E-state index contributed by atoms with van der Waals surface area (Å²) >= 11 is 30.3. The number of nitrogens with zero attached hydrogens (tertiary/aromatic N) is 6. The Hall–Kier alpha value is -12.5. The number of nitro benzene ring substituents is 1. The van der Waals surface area contributed by atoms with Crippen LogP contribution in [0.4, 0.5) is 34.1 Å². The topological polar surface area (TPSA) is 461 Å². The zero-order valence-corrected chi connectivity index (χ0v) is 86.2. The van der Waals surface area contributed by atoms with Gasteiger partial charge >= 0.3 is 0 Å². The van der Waals surface area contributed by atoms with Gasteiger partial charge in [0.2, 0.25) is 29.5 Å². The highest BCUT2D eigenvalue weighted by Gasteiger charge is 2.52. The van der Waals surface area contributed by atoms with Gasteiger partial charge in [-0.1, -0.05) is 113 Å². The van der Waals surface area contributed by atoms with E-state index in [0.717, 1.165) is 197 Å². The van der Waals surface area contributed by atoms with Gasteiger partial charge in [-0.2, -0.15) is 0 Å². The molecule has 752 valence electrons. The minimum Gasteiger partial charge on any atom is -0.325 e. The molecule has 5 heterocycles. The summed E-state index contributed by atoms with van der Waals surface area (Å²) in [7, 11) is -14.0. The molecule has 20 rings (SSSR count). The van der Waals surface area contributed by atoms with E-state index in [-0.39, 0.29) is 74.4 Å². The number of benzene rings is 10. The van der Waals surface area contributed by atoms with Crippen molar-refractivity contribution in [2.45, 2.75) is 189 Å². The molecular formula is C101H96Cl5N11O22S5. The molecule has 5 aliphatic heterocycles. The maximum absolute atomic E-state index is 13.1. The second kappa shape index (κ2) is 41.6. The molecule has 144 heavy (non-hydrogen) atoms. The first kappa shape index (κ1) is 104. The van der Waals surface area contributed by atoms with E-state index in [1.807, 2.05) is 6.92 Å². The second-order valence-corrected chi connectivity index (χ2v) is 48.2. The quantitative estimate of drug-likeness (QED) is 0.0456. The van der Waals surface area contributed by atoms with Gasteiger partial charge in [0.15, 0.2) is 0 Å². The average Bonchev–Trinajstić information content (AvgIpc) is 0.748. The lowest BCUT2D eigenvalue weighted by molar-refractivity contribution is -0.384. The maximum Gasteiger partial charge on any atom is 0.269 e. The summed E-state index contributed by atoms with van der Waals surface area (Å²) in [5.41, 5.74) is 13.5. The third-order valence-corrected chi connectivity index (χ3v) is 38.0. The van der Waals surface area contributed by atoms with Crippen LogP contribution in [0.5, 0.6) is 0 Å². The molecule has 0 aromatic heterocycles. The number of hydrogen-bond acceptors (Lipinski definition) is 22. The molecule has 33 nitrogen and oxygen atoms in total. The molecule has 10 aliphatic rings. The van der Waals surface area contributed by atoms with Gasteiger partial charge in [0.25, 0.3) is 85.3 Å². The first-order valence-electron chi connectivity index (χ1n) is 46.1. The fraction of sp³-hybridized carbons (Fsp3) is 0.307. The van der Waals surface area contributed by atoms with Crippen LogP contribution in [0.15, 0.2) is 194 Å². The number of nitrogens with one attached hydrogen (secondary N) is 5. The van der Waals surface area contributed by atoms with Gasteiger partial charge in [-0.3, -0.25) is 58.1 Å². The van der Waals surface area contributed by atoms with E-state index >= 15 is 0 Å². The molecule has 0 radical (unpaired) electrons. The largest absolute Gasteiger partial charge is 0.325 e. The third kappa shape index (κ3) is 20.4. The van der Waals surface area contributed by atoms with Crippen LogP contribution in [0.25, 0.3) is 0 Å². The van der Waals surface area contributed by atoms with Gasteiger partial charge in [0, 0.05) is 79.5 Å². The molecule has 0 fully saturated rings. The molecule has 43 heteroatoms. The summed E-state index contributed by atoms with van der Waals surface area (Å²) in [6.45, 7) is 1.85. The van der Waals surface area contributed by atoms with Crippen molar-refractivity contribution in [3.63, 3.8) is 0 Å². The third-order valence-electron chi connectivity index (χ3n) is 27.4. The number of anilines is 5. The first-order valence-corrected chi connectivity index (χ1v) is 55.2. The Bertz CT molecular complexity index is 7750. The molecular weight excluding hydrogens is 2060 g/mol. The van der Waals surface area contributed by atoms with Crippen LogP contribution in [0.2, 0.25) is 25.1 Å². The lowest BCUT2D eigenvalue weighted by Gasteiger charge is -2.32. The second-order valence-electron chi connectivity index (χ2n) is 36.4. The zero-order valence-electron chi connectivity index (χ0n) is 78.3. The standard InChI is InChI=1S/C21H21ClN2O4S.C20H18Cl2N2O4S.2C20H19ClN2O4S.C20H19N3O6S/c1-12-7-8-15(11-17(12)22)23-20(25)19-16-9-13-5-3-4-6-14(13)10-18(16)29(27,28)24(2)21(19)26;1-24-20(26)18(19(25)23-16-10-13(21)6-7-15(16)22)14-8-11-4-2-3-5-12(11)9-17(14)29(24,27)28;1-23-20(25)18(19(24)22-16-9-5-4-8-15(16)21)14-10-12-6-2-3-7-13(12)11-17(14)28(23,26)27;1-23-20(25)18(19(24)22-15-8-4-7-14(21)11-15)16-9-12-5-2-3-6-13(12)10-17(16)28(23,26)27;1-22-20(25)18(19(24)21-14-6-8-15(9-7-14)23(26)27)16-10-12-4-2-3-5-13(12)11-17(16)30(22,28)29/h7-11,19H,3-6H2,1-2H3,(H,23,25);6-10,18H,2-5H2,1H3,(H,23,25);4-5,8-11,18H,2-3,6-7H2,1H3,(H,22,24);4,7-11,18H,2-3,5-6H2,1H3,(H,22,24);6-11,18H,2-5H2,1H3,(H,21,24). The molecule has 5 atom stereocenters. The number of aryl methyl sites for hydroxylation is 11. The van der Waals surface area contributed by atoms with E-state index in [0.29, 0.717) is 58.7 Å². The number of fused-ring (bicyclic) bond motifs is 10. The number of hydrogen-bond donors (Lipinski definition) is 5. The maximum atomic E-state index is 13.1. The molecule has 0 bridgehead atoms. The van der Waals surface area contributed by atoms with Crippen molar-refractivity contribution >= 4 is 201 Å². The van der Waals surface area contributed by atoms with Crippen molar-refractivity contribution in [1.29, 1.82) is 0 Å². The van der Waals surface area contributed by atoms with Gasteiger partial charge in [-0.05, 0) is 327 Å². The number of non-ortho nitro benzene ring substituents is 1. The lowest BCUT2D eigenvalue weighted by Crippen LogP contribution is -2.46. The fourth-order valence-corrected chi connectivity index (χ4v) is 27.3. The normalized spacial score (nSPS) is 20.0. The van der Waals surface area contributed by atoms with Gasteiger partial charge < -0.3 is 26.6 Å². The van der Waals surface area contributed by atoms with Crippen LogP contribution in [0.1, 0.15) is 183 Å². The predicted octanol–water partition coefficient (Wildman–Crippen LogP) is 15.7. The molecule has 5 aliphatic carbocycles. The van der Waals surface area contributed by atoms with Gasteiger partial charge in [-0.15, -0.1) is 0 Å². The Morgan fingerprint density at radius 2 is 0.556 bits per heavy atom. The minimum atomic E-state index is -4.03. The molecule has 0 spiro atoms. The van der Waals surface area contributed by atoms with E-state index < -0.39 is 144 Å². The highest BCUT2D eigenvalue weighted by atomic mass is 35.5. The number of rotatable bonds is 11. The summed E-state index contributed by atoms with van der Waals surface area (Å²) in [4.78, 5) is 140. The van der Waals surface area contributed by atoms with E-state index in [4.69, 9.17) is 58.0 Å². The van der Waals surface area contributed by atoms with Crippen LogP contribution < -0.4 is 26.6 Å². The number of para-hydroxylation sites is 1. The number of amides is 10. The summed E-state index contributed by atoms with van der Waals surface area (Å²) < 4.78 is 132. The highest BCUT2D eigenvalue weighted by molar-refractivity contribution is 7.91. The number of halogens is 5. The Labute approximate surface area is 856 Å². The molecule has 0 saturated carbocycles. The molecule has 10 amide bonds. The Kier molecular flexibility index (Phi) is 30.1. The molecule has 5 N–H and O–H groups in total. The van der Waals surface area contributed by atoms with Crippen LogP contribution >= 0.6 is 58.0 Å². The van der Waals surface area contributed by atoms with Crippen LogP contribution in [-0.4, -0.2) is 163 Å². The van der Waals surface area contributed by atoms with Gasteiger partial charge in [0.1, 0.15) is 29.6 Å². The monoisotopic (exact) mass is 2150 g/mol. The van der Waals surface area contributed by atoms with E-state index in [9.17, 15) is 100 Å². The van der Waals surface area contributed by atoms with Crippen LogP contribution in [0.3, 0.4) is 0 Å². The minimum absolute atomic E-state index is 0.0117. The highest BCUT2D eigenvalue weighted by Crippen LogP contribution is 2.47. The number of likely N-dealkylation sites (N-methyl/N-ethyl adjacent to an activating group) is 5. The zero-order chi connectivity index (χ0) is 104. The van der Waals surface area contributed by atoms with Crippen molar-refractivity contribution in [3.05, 3.63) is 294 Å². The summed E-state index contributed by atoms with van der Waals surface area (Å²) in [5, 5.41) is 26.0. The smallest absolute Gasteiger partial charge is 0.269 e. The van der Waals surface area contributed by atoms with E-state index in [2.05, 4.69) is 26.6 Å².